The SMILES string of the molecule is NC(N)=NCCC[C@H](N)C(=O)N[C@@H](Cc1cnc[nH]1)C(=O)N[C@@H](Cc1c[nH]c2ccccc12)C(=O)O. The fourth-order valence-electron chi connectivity index (χ4n) is 3.75. The van der Waals surface area contributed by atoms with Crippen LogP contribution in [0, 0.1) is 0 Å². The van der Waals surface area contributed by atoms with E-state index in [2.05, 4.69) is 30.6 Å². The summed E-state index contributed by atoms with van der Waals surface area (Å²) in [6.45, 7) is 0.315. The largest absolute Gasteiger partial charge is 0.480 e. The number of guanidine groups is 1. The number of rotatable bonds is 13. The molecule has 13 heteroatoms. The average Bonchev–Trinajstić information content (AvgIpc) is 3.50. The molecule has 0 unspecified atom stereocenters. The number of hydrogen-bond acceptors (Lipinski definition) is 6. The number of benzene rings is 1. The fourth-order valence-corrected chi connectivity index (χ4v) is 3.75. The highest BCUT2D eigenvalue weighted by molar-refractivity contribution is 5.92. The summed E-state index contributed by atoms with van der Waals surface area (Å²) < 4.78 is 0. The number of aromatic nitrogens is 3. The number of nitrogens with one attached hydrogen (secondary N) is 4. The van der Waals surface area contributed by atoms with E-state index in [-0.39, 0.29) is 18.8 Å². The minimum atomic E-state index is -1.22. The number of nitrogens with zero attached hydrogens (tertiary/aromatic N) is 2. The van der Waals surface area contributed by atoms with Gasteiger partial charge in [-0.05, 0) is 24.5 Å². The van der Waals surface area contributed by atoms with Gasteiger partial charge in [0.15, 0.2) is 5.96 Å². The van der Waals surface area contributed by atoms with Crippen molar-refractivity contribution >= 4 is 34.6 Å². The maximum absolute atomic E-state index is 13.2. The van der Waals surface area contributed by atoms with Gasteiger partial charge in [-0.25, -0.2) is 9.78 Å². The van der Waals surface area contributed by atoms with E-state index >= 15 is 0 Å². The van der Waals surface area contributed by atoms with E-state index in [0.717, 1.165) is 16.5 Å². The second kappa shape index (κ2) is 12.4. The first kappa shape index (κ1) is 26.2. The molecule has 13 nitrogen and oxygen atoms in total. The van der Waals surface area contributed by atoms with Crippen molar-refractivity contribution in [3.8, 4) is 0 Å². The Labute approximate surface area is 206 Å². The van der Waals surface area contributed by atoms with Crippen molar-refractivity contribution in [2.24, 2.45) is 22.2 Å². The molecule has 0 saturated heterocycles. The maximum Gasteiger partial charge on any atom is 0.326 e. The number of H-pyrrole nitrogens is 2. The lowest BCUT2D eigenvalue weighted by Gasteiger charge is -2.22. The van der Waals surface area contributed by atoms with Crippen molar-refractivity contribution in [1.82, 2.24) is 25.6 Å². The third-order valence-electron chi connectivity index (χ3n) is 5.63. The molecule has 0 bridgehead atoms. The Hall–Kier alpha value is -4.39. The molecule has 0 radical (unpaired) electrons. The van der Waals surface area contributed by atoms with Crippen molar-refractivity contribution < 1.29 is 19.5 Å². The van der Waals surface area contributed by atoms with Crippen LogP contribution in [0.4, 0.5) is 0 Å². The first-order valence-corrected chi connectivity index (χ1v) is 11.4. The van der Waals surface area contributed by atoms with Gasteiger partial charge >= 0.3 is 5.97 Å². The Morgan fingerprint density at radius 2 is 1.81 bits per heavy atom. The predicted octanol–water partition coefficient (Wildman–Crippen LogP) is -0.889. The molecule has 0 spiro atoms. The molecule has 0 fully saturated rings. The van der Waals surface area contributed by atoms with Crippen LogP contribution in [0.3, 0.4) is 0 Å². The summed E-state index contributed by atoms with van der Waals surface area (Å²) in [5.74, 6) is -2.46. The molecular formula is C23H31N9O4. The lowest BCUT2D eigenvalue weighted by molar-refractivity contribution is -0.142. The van der Waals surface area contributed by atoms with Gasteiger partial charge in [-0.3, -0.25) is 14.6 Å². The minimum absolute atomic E-state index is 0.0510. The number of hydrogen-bond donors (Lipinski definition) is 8. The second-order valence-electron chi connectivity index (χ2n) is 8.36. The molecule has 3 atom stereocenters. The number of carboxylic acid groups (broad SMARTS) is 1. The number of carbonyl (C=O) groups excluding carboxylic acids is 2. The highest BCUT2D eigenvalue weighted by Gasteiger charge is 2.29. The van der Waals surface area contributed by atoms with E-state index in [4.69, 9.17) is 17.2 Å². The number of aliphatic carboxylic acids is 1. The van der Waals surface area contributed by atoms with Crippen LogP contribution in [0.15, 0.2) is 48.0 Å². The van der Waals surface area contributed by atoms with Crippen molar-refractivity contribution in [3.63, 3.8) is 0 Å². The van der Waals surface area contributed by atoms with Gasteiger partial charge < -0.3 is 42.9 Å². The standard InChI is InChI=1S/C23H31N9O4/c24-16(5-3-7-28-23(25)26)20(33)31-18(9-14-11-27-12-30-14)21(34)32-19(22(35)36)8-13-10-29-17-6-2-1-4-15(13)17/h1-2,4,6,10-12,16,18-19,29H,3,5,7-9,24H2,(H,27,30)(H,31,33)(H,32,34)(H,35,36)(H4,25,26,28)/t16-,18-,19-/m0/s1. The normalized spacial score (nSPS) is 13.5. The van der Waals surface area contributed by atoms with Crippen molar-refractivity contribution in [1.29, 1.82) is 0 Å². The quantitative estimate of drug-likeness (QED) is 0.0836. The molecular weight excluding hydrogens is 466 g/mol. The number of amides is 2. The Balaban J connectivity index is 1.68. The Morgan fingerprint density at radius 3 is 2.50 bits per heavy atom. The molecule has 2 aromatic heterocycles. The van der Waals surface area contributed by atoms with Crippen molar-refractivity contribution in [3.05, 3.63) is 54.2 Å². The maximum atomic E-state index is 13.2. The summed E-state index contributed by atoms with van der Waals surface area (Å²) in [5, 5.41) is 15.8. The summed E-state index contributed by atoms with van der Waals surface area (Å²) >= 11 is 0. The minimum Gasteiger partial charge on any atom is -0.480 e. The first-order chi connectivity index (χ1) is 17.2. The zero-order valence-corrected chi connectivity index (χ0v) is 19.6. The Morgan fingerprint density at radius 1 is 1.06 bits per heavy atom. The molecule has 3 rings (SSSR count). The predicted molar refractivity (Wildman–Crippen MR) is 134 cm³/mol. The van der Waals surface area contributed by atoms with Crippen LogP contribution >= 0.6 is 0 Å². The second-order valence-corrected chi connectivity index (χ2v) is 8.36. The number of para-hydroxylation sites is 1. The number of carboxylic acids is 1. The molecule has 0 aliphatic heterocycles. The van der Waals surface area contributed by atoms with Gasteiger partial charge in [-0.1, -0.05) is 18.2 Å². The molecule has 0 aliphatic carbocycles. The highest BCUT2D eigenvalue weighted by atomic mass is 16.4. The fraction of sp³-hybridized carbons (Fsp3) is 0.348. The van der Waals surface area contributed by atoms with E-state index in [1.165, 1.54) is 12.5 Å². The van der Waals surface area contributed by atoms with E-state index < -0.39 is 35.9 Å². The molecule has 2 amide bonds. The number of aromatic amines is 2. The van der Waals surface area contributed by atoms with Crippen LogP contribution in [0.1, 0.15) is 24.1 Å². The summed E-state index contributed by atoms with van der Waals surface area (Å²) in [7, 11) is 0. The van der Waals surface area contributed by atoms with Crippen LogP contribution < -0.4 is 27.8 Å². The molecule has 0 saturated carbocycles. The molecule has 11 N–H and O–H groups in total. The molecule has 3 aromatic rings. The number of fused-ring (bicyclic) bond motifs is 1. The van der Waals surface area contributed by atoms with E-state index in [1.54, 1.807) is 6.20 Å². The molecule has 0 aliphatic rings. The summed E-state index contributed by atoms with van der Waals surface area (Å²) in [4.78, 5) is 51.6. The van der Waals surface area contributed by atoms with Crippen LogP contribution in [0.5, 0.6) is 0 Å². The summed E-state index contributed by atoms with van der Waals surface area (Å²) in [5.41, 5.74) is 18.7. The Bertz CT molecular complexity index is 1200. The van der Waals surface area contributed by atoms with Crippen molar-refractivity contribution in [2.75, 3.05) is 6.54 Å². The molecule has 36 heavy (non-hydrogen) atoms. The van der Waals surface area contributed by atoms with Gasteiger partial charge in [-0.15, -0.1) is 0 Å². The number of aliphatic imine (C=N–C) groups is 1. The number of carbonyl (C=O) groups is 3. The van der Waals surface area contributed by atoms with Crippen molar-refractivity contribution in [2.45, 2.75) is 43.8 Å². The van der Waals surface area contributed by atoms with E-state index in [1.807, 2.05) is 24.3 Å². The molecule has 2 heterocycles. The van der Waals surface area contributed by atoms with Crippen LogP contribution in [0.25, 0.3) is 10.9 Å². The lowest BCUT2D eigenvalue weighted by atomic mass is 10.0. The van der Waals surface area contributed by atoms with Crippen LogP contribution in [0.2, 0.25) is 0 Å². The topological polar surface area (TPSA) is 230 Å². The van der Waals surface area contributed by atoms with Gasteiger partial charge in [0, 0.05) is 48.4 Å². The molecule has 1 aromatic carbocycles. The smallest absolute Gasteiger partial charge is 0.326 e. The molecule has 192 valence electrons. The zero-order valence-electron chi connectivity index (χ0n) is 19.6. The van der Waals surface area contributed by atoms with Gasteiger partial charge in [0.2, 0.25) is 11.8 Å². The highest BCUT2D eigenvalue weighted by Crippen LogP contribution is 2.19. The van der Waals surface area contributed by atoms with Gasteiger partial charge in [0.25, 0.3) is 0 Å². The summed E-state index contributed by atoms with van der Waals surface area (Å²) in [6, 6.07) is 4.27. The third-order valence-corrected chi connectivity index (χ3v) is 5.63. The zero-order chi connectivity index (χ0) is 26.1. The monoisotopic (exact) mass is 497 g/mol. The van der Waals surface area contributed by atoms with Gasteiger partial charge in [0.05, 0.1) is 12.4 Å². The first-order valence-electron chi connectivity index (χ1n) is 11.4. The number of nitrogens with two attached hydrogens (primary N) is 3. The summed E-state index contributed by atoms with van der Waals surface area (Å²) in [6.07, 6.45) is 5.56. The van der Waals surface area contributed by atoms with Gasteiger partial charge in [-0.2, -0.15) is 0 Å². The lowest BCUT2D eigenvalue weighted by Crippen LogP contribution is -2.55. The van der Waals surface area contributed by atoms with Gasteiger partial charge in [0.1, 0.15) is 12.1 Å². The third kappa shape index (κ3) is 7.30. The van der Waals surface area contributed by atoms with Crippen LogP contribution in [-0.4, -0.2) is 68.5 Å². The van der Waals surface area contributed by atoms with E-state index in [0.29, 0.717) is 25.1 Å². The Kier molecular flexibility index (Phi) is 9.00. The van der Waals surface area contributed by atoms with E-state index in [9.17, 15) is 19.5 Å². The van der Waals surface area contributed by atoms with Crippen LogP contribution in [-0.2, 0) is 27.2 Å². The number of imidazole rings is 1. The average molecular weight is 498 g/mol.